The van der Waals surface area contributed by atoms with Crippen LogP contribution < -0.4 is 4.74 Å². The van der Waals surface area contributed by atoms with E-state index in [0.29, 0.717) is 0 Å². The minimum atomic E-state index is 0.966. The molecule has 0 atom stereocenters. The molecule has 0 aromatic heterocycles. The third-order valence-corrected chi connectivity index (χ3v) is 10.8. The lowest BCUT2D eigenvalue weighted by atomic mass is 9.97. The van der Waals surface area contributed by atoms with Crippen LogP contribution in [0.3, 0.4) is 0 Å². The van der Waals surface area contributed by atoms with Crippen molar-refractivity contribution in [3.8, 4) is 11.5 Å². The molecule has 268 valence electrons. The summed E-state index contributed by atoms with van der Waals surface area (Å²) in [5.41, 5.74) is 2.91. The largest absolute Gasteiger partial charge is 0.456 e. The number of benzene rings is 4. The molecule has 0 N–H and O–H groups in total. The van der Waals surface area contributed by atoms with Crippen molar-refractivity contribution in [2.75, 3.05) is 0 Å². The lowest BCUT2D eigenvalue weighted by molar-refractivity contribution is 0.493. The van der Waals surface area contributed by atoms with Gasteiger partial charge in [-0.3, -0.25) is 0 Å². The van der Waals surface area contributed by atoms with Gasteiger partial charge >= 0.3 is 0 Å². The van der Waals surface area contributed by atoms with Crippen LogP contribution in [0.2, 0.25) is 0 Å². The summed E-state index contributed by atoms with van der Waals surface area (Å²) in [7, 11) is 0. The van der Waals surface area contributed by atoms with Gasteiger partial charge in [0.05, 0.1) is 0 Å². The normalized spacial score (nSPS) is 11.6. The summed E-state index contributed by atoms with van der Waals surface area (Å²) in [6.45, 7) is 4.60. The van der Waals surface area contributed by atoms with Gasteiger partial charge < -0.3 is 4.74 Å². The maximum absolute atomic E-state index is 6.75. The fraction of sp³-hybridized carbons (Fsp3) is 0.583. The van der Waals surface area contributed by atoms with E-state index in [0.717, 1.165) is 24.3 Å². The van der Waals surface area contributed by atoms with Crippen LogP contribution >= 0.6 is 0 Å². The third kappa shape index (κ3) is 14.2. The Balaban J connectivity index is 1.23. The van der Waals surface area contributed by atoms with Crippen molar-refractivity contribution >= 4 is 21.5 Å². The van der Waals surface area contributed by atoms with Crippen LogP contribution in [-0.4, -0.2) is 0 Å². The highest BCUT2D eigenvalue weighted by Gasteiger charge is 2.12. The molecule has 1 heteroatoms. The van der Waals surface area contributed by atoms with E-state index in [1.54, 1.807) is 0 Å². The van der Waals surface area contributed by atoms with E-state index >= 15 is 0 Å². The Morgan fingerprint density at radius 2 is 0.592 bits per heavy atom. The lowest BCUT2D eigenvalue weighted by Crippen LogP contribution is -1.94. The first-order valence-corrected chi connectivity index (χ1v) is 21.0. The topological polar surface area (TPSA) is 9.23 Å². The molecule has 1 nitrogen and oxygen atoms in total. The van der Waals surface area contributed by atoms with Crippen molar-refractivity contribution in [2.45, 2.75) is 181 Å². The van der Waals surface area contributed by atoms with Crippen molar-refractivity contribution in [3.05, 3.63) is 83.9 Å². The Kier molecular flexibility index (Phi) is 19.4. The average Bonchev–Trinajstić information content (AvgIpc) is 3.14. The van der Waals surface area contributed by atoms with Crippen LogP contribution in [0.1, 0.15) is 179 Å². The van der Waals surface area contributed by atoms with Gasteiger partial charge in [0.2, 0.25) is 0 Å². The van der Waals surface area contributed by atoms with Gasteiger partial charge in [-0.2, -0.15) is 0 Å². The van der Waals surface area contributed by atoms with Gasteiger partial charge in [0.15, 0.2) is 0 Å². The molecular weight excluding hydrogens is 593 g/mol. The van der Waals surface area contributed by atoms with E-state index in [9.17, 15) is 0 Å². The smallest absolute Gasteiger partial charge is 0.135 e. The highest BCUT2D eigenvalue weighted by molar-refractivity contribution is 5.94. The molecule has 0 amide bonds. The molecule has 0 fully saturated rings. The van der Waals surface area contributed by atoms with Gasteiger partial charge in [0.25, 0.3) is 0 Å². The van der Waals surface area contributed by atoms with Gasteiger partial charge in [-0.25, -0.2) is 0 Å². The Morgan fingerprint density at radius 3 is 0.918 bits per heavy atom. The van der Waals surface area contributed by atoms with Crippen molar-refractivity contribution in [2.24, 2.45) is 0 Å². The van der Waals surface area contributed by atoms with Crippen molar-refractivity contribution in [1.29, 1.82) is 0 Å². The molecule has 0 saturated carbocycles. The summed E-state index contributed by atoms with van der Waals surface area (Å²) in [5.74, 6) is 1.93. The second kappa shape index (κ2) is 24.4. The van der Waals surface area contributed by atoms with Gasteiger partial charge in [0.1, 0.15) is 11.5 Å². The minimum Gasteiger partial charge on any atom is -0.456 e. The molecule has 0 saturated heterocycles. The van der Waals surface area contributed by atoms with E-state index in [1.165, 1.54) is 187 Å². The lowest BCUT2D eigenvalue weighted by Gasteiger charge is -2.15. The van der Waals surface area contributed by atoms with Gasteiger partial charge in [0, 0.05) is 10.8 Å². The molecule has 4 aromatic rings. The maximum atomic E-state index is 6.75. The molecule has 0 aliphatic rings. The minimum absolute atomic E-state index is 0.966. The van der Waals surface area contributed by atoms with Gasteiger partial charge in [-0.1, -0.05) is 216 Å². The summed E-state index contributed by atoms with van der Waals surface area (Å²) in [5, 5.41) is 5.14. The average molecular weight is 663 g/mol. The molecule has 0 heterocycles. The SMILES string of the molecule is CCCCCCCCCCCCCCc1ccc(Oc2ccc(CCCCCCCCCCCCCC)c3ccccc23)c2ccccc12. The predicted octanol–water partition coefficient (Wildman–Crippen LogP) is 16.3. The Bertz CT molecular complexity index is 1320. The van der Waals surface area contributed by atoms with Gasteiger partial charge in [-0.05, 0) is 59.7 Å². The first-order valence-electron chi connectivity index (χ1n) is 21.0. The second-order valence-electron chi connectivity index (χ2n) is 14.9. The number of aryl methyl sites for hydroxylation is 2. The Hall–Kier alpha value is -2.80. The van der Waals surface area contributed by atoms with Crippen LogP contribution in [0.5, 0.6) is 11.5 Å². The fourth-order valence-corrected chi connectivity index (χ4v) is 7.71. The molecule has 0 spiro atoms. The highest BCUT2D eigenvalue weighted by atomic mass is 16.5. The van der Waals surface area contributed by atoms with Gasteiger partial charge in [-0.15, -0.1) is 0 Å². The molecular formula is C48H70O. The van der Waals surface area contributed by atoms with Crippen LogP contribution in [0, 0.1) is 0 Å². The number of ether oxygens (including phenoxy) is 1. The molecule has 0 bridgehead atoms. The quantitative estimate of drug-likeness (QED) is 0.0550. The molecule has 0 unspecified atom stereocenters. The van der Waals surface area contributed by atoms with E-state index in [4.69, 9.17) is 4.74 Å². The molecule has 0 radical (unpaired) electrons. The van der Waals surface area contributed by atoms with E-state index in [2.05, 4.69) is 86.6 Å². The van der Waals surface area contributed by atoms with Crippen molar-refractivity contribution < 1.29 is 4.74 Å². The zero-order chi connectivity index (χ0) is 34.2. The summed E-state index contributed by atoms with van der Waals surface area (Å²) >= 11 is 0. The number of rotatable bonds is 28. The van der Waals surface area contributed by atoms with E-state index in [-0.39, 0.29) is 0 Å². The van der Waals surface area contributed by atoms with E-state index < -0.39 is 0 Å². The number of hydrogen-bond acceptors (Lipinski definition) is 1. The molecule has 0 aliphatic heterocycles. The predicted molar refractivity (Wildman–Crippen MR) is 218 cm³/mol. The van der Waals surface area contributed by atoms with Crippen molar-refractivity contribution in [3.63, 3.8) is 0 Å². The summed E-state index contributed by atoms with van der Waals surface area (Å²) < 4.78 is 6.75. The van der Waals surface area contributed by atoms with Crippen molar-refractivity contribution in [1.82, 2.24) is 0 Å². The fourth-order valence-electron chi connectivity index (χ4n) is 7.71. The maximum Gasteiger partial charge on any atom is 0.135 e. The molecule has 4 aromatic carbocycles. The molecule has 49 heavy (non-hydrogen) atoms. The number of fused-ring (bicyclic) bond motifs is 2. The highest BCUT2D eigenvalue weighted by Crippen LogP contribution is 2.37. The van der Waals surface area contributed by atoms with E-state index in [1.807, 2.05) is 0 Å². The summed E-state index contributed by atoms with van der Waals surface area (Å²) in [6.07, 6.45) is 35.7. The zero-order valence-corrected chi connectivity index (χ0v) is 31.7. The van der Waals surface area contributed by atoms with Crippen LogP contribution in [0.15, 0.2) is 72.8 Å². The zero-order valence-electron chi connectivity index (χ0n) is 31.7. The Morgan fingerprint density at radius 1 is 0.306 bits per heavy atom. The monoisotopic (exact) mass is 663 g/mol. The first-order chi connectivity index (χ1) is 24.3. The number of hydrogen-bond donors (Lipinski definition) is 0. The molecule has 0 aliphatic carbocycles. The standard InChI is InChI=1S/C48H70O/c1-3-5-7-9-11-13-15-17-19-21-23-25-31-41-37-39-47(45-35-29-27-33-43(41)45)49-48-40-38-42(44-34-28-30-36-46(44)48)32-26-24-22-20-18-16-14-12-10-8-6-4-2/h27-30,33-40H,3-26,31-32H2,1-2H3. The molecule has 4 rings (SSSR count). The second-order valence-corrected chi connectivity index (χ2v) is 14.9. The van der Waals surface area contributed by atoms with Crippen LogP contribution in [0.4, 0.5) is 0 Å². The number of unbranched alkanes of at least 4 members (excludes halogenated alkanes) is 22. The van der Waals surface area contributed by atoms with Crippen LogP contribution in [-0.2, 0) is 12.8 Å². The summed E-state index contributed by atoms with van der Waals surface area (Å²) in [6, 6.07) is 26.8. The third-order valence-electron chi connectivity index (χ3n) is 10.8. The first kappa shape index (κ1) is 39.0. The van der Waals surface area contributed by atoms with Crippen LogP contribution in [0.25, 0.3) is 21.5 Å². The summed E-state index contributed by atoms with van der Waals surface area (Å²) in [4.78, 5) is 0. The Labute approximate surface area is 301 Å².